The number of methoxy groups -OCH3 is 1. The van der Waals surface area contributed by atoms with Gasteiger partial charge in [-0.2, -0.15) is 13.2 Å². The van der Waals surface area contributed by atoms with Crippen molar-refractivity contribution in [1.82, 2.24) is 9.55 Å². The molecule has 0 aliphatic heterocycles. The number of phenols is 1. The van der Waals surface area contributed by atoms with E-state index in [1.165, 1.54) is 31.4 Å². The molecule has 0 amide bonds. The Morgan fingerprint density at radius 3 is 2.50 bits per heavy atom. The van der Waals surface area contributed by atoms with Gasteiger partial charge in [-0.05, 0) is 42.8 Å². The highest BCUT2D eigenvalue weighted by Crippen LogP contribution is 2.37. The summed E-state index contributed by atoms with van der Waals surface area (Å²) in [4.78, 5) is 13.6. The van der Waals surface area contributed by atoms with Crippen LogP contribution in [-0.4, -0.2) is 40.6 Å². The van der Waals surface area contributed by atoms with Crippen molar-refractivity contribution in [1.29, 1.82) is 0 Å². The SMILES string of the molecule is CCn1c(/C=C/c2cc(OC)c(O)c([N+](=O)[O-])c2)nc2cc(S(=O)(=O)C(F)(F)F)ccc21. The van der Waals surface area contributed by atoms with Crippen LogP contribution in [0.15, 0.2) is 35.2 Å². The second-order valence-corrected chi connectivity index (χ2v) is 8.44. The molecule has 0 fully saturated rings. The monoisotopic (exact) mass is 471 g/mol. The molecular weight excluding hydrogens is 455 g/mol. The molecule has 0 saturated carbocycles. The molecule has 1 heterocycles. The van der Waals surface area contributed by atoms with Gasteiger partial charge in [0.25, 0.3) is 9.84 Å². The molecule has 2 aromatic carbocycles. The molecule has 1 N–H and O–H groups in total. The number of phenolic OH excluding ortho intramolecular Hbond substituents is 1. The number of hydrogen-bond acceptors (Lipinski definition) is 7. The van der Waals surface area contributed by atoms with Gasteiger partial charge in [0.1, 0.15) is 5.82 Å². The lowest BCUT2D eigenvalue weighted by Crippen LogP contribution is -2.23. The van der Waals surface area contributed by atoms with Crippen molar-refractivity contribution in [2.75, 3.05) is 7.11 Å². The molecule has 0 unspecified atom stereocenters. The van der Waals surface area contributed by atoms with Gasteiger partial charge in [-0.25, -0.2) is 13.4 Å². The molecule has 0 saturated heterocycles. The van der Waals surface area contributed by atoms with Gasteiger partial charge in [0.15, 0.2) is 5.75 Å². The highest BCUT2D eigenvalue weighted by atomic mass is 32.2. The molecule has 32 heavy (non-hydrogen) atoms. The standard InChI is InChI=1S/C19H16F3N3O6S/c1-3-24-14-6-5-12(32(29,30)19(20,21)22)10-13(14)23-17(24)7-4-11-8-15(25(27)28)18(26)16(9-11)31-2/h4-10,26H,3H2,1-2H3/b7-4+. The van der Waals surface area contributed by atoms with Crippen molar-refractivity contribution in [3.05, 3.63) is 51.8 Å². The highest BCUT2D eigenvalue weighted by Gasteiger charge is 2.47. The maximum atomic E-state index is 12.9. The third kappa shape index (κ3) is 3.98. The molecule has 3 rings (SSSR count). The number of fused-ring (bicyclic) bond motifs is 1. The van der Waals surface area contributed by atoms with E-state index in [1.54, 1.807) is 11.5 Å². The zero-order chi connectivity index (χ0) is 23.8. The molecular formula is C19H16F3N3O6S. The third-order valence-electron chi connectivity index (χ3n) is 4.60. The second-order valence-electron chi connectivity index (χ2n) is 6.50. The number of hydrogen-bond donors (Lipinski definition) is 1. The van der Waals surface area contributed by atoms with E-state index >= 15 is 0 Å². The van der Waals surface area contributed by atoms with Crippen LogP contribution in [0.25, 0.3) is 23.2 Å². The maximum absolute atomic E-state index is 12.9. The van der Waals surface area contributed by atoms with Crippen molar-refractivity contribution in [2.45, 2.75) is 23.9 Å². The predicted molar refractivity (Wildman–Crippen MR) is 109 cm³/mol. The molecule has 0 spiro atoms. The number of alkyl halides is 3. The fourth-order valence-corrected chi connectivity index (χ4v) is 3.85. The highest BCUT2D eigenvalue weighted by molar-refractivity contribution is 7.92. The van der Waals surface area contributed by atoms with Crippen LogP contribution in [0.1, 0.15) is 18.3 Å². The van der Waals surface area contributed by atoms with Crippen molar-refractivity contribution in [3.63, 3.8) is 0 Å². The minimum absolute atomic E-state index is 0.0334. The number of sulfone groups is 1. The minimum atomic E-state index is -5.53. The molecule has 170 valence electrons. The van der Waals surface area contributed by atoms with E-state index in [2.05, 4.69) is 4.98 Å². The lowest BCUT2D eigenvalue weighted by atomic mass is 10.1. The smallest absolute Gasteiger partial charge is 0.500 e. The van der Waals surface area contributed by atoms with Crippen molar-refractivity contribution >= 4 is 38.7 Å². The molecule has 1 aromatic heterocycles. The van der Waals surface area contributed by atoms with Crippen LogP contribution in [-0.2, 0) is 16.4 Å². The number of aromatic hydroxyl groups is 1. The Labute approximate surface area is 179 Å². The first kappa shape index (κ1) is 23.1. The number of imidazole rings is 1. The summed E-state index contributed by atoms with van der Waals surface area (Å²) in [5.41, 5.74) is -5.28. The summed E-state index contributed by atoms with van der Waals surface area (Å²) < 4.78 is 68.5. The van der Waals surface area contributed by atoms with Gasteiger partial charge in [-0.15, -0.1) is 0 Å². The van der Waals surface area contributed by atoms with Gasteiger partial charge >= 0.3 is 11.2 Å². The number of halogens is 3. The normalized spacial score (nSPS) is 12.5. The van der Waals surface area contributed by atoms with Crippen molar-refractivity contribution in [2.24, 2.45) is 0 Å². The van der Waals surface area contributed by atoms with Gasteiger partial charge in [0, 0.05) is 12.6 Å². The Morgan fingerprint density at radius 1 is 1.25 bits per heavy atom. The minimum Gasteiger partial charge on any atom is -0.500 e. The van der Waals surface area contributed by atoms with Crippen LogP contribution in [0.3, 0.4) is 0 Å². The first-order chi connectivity index (χ1) is 14.9. The number of aryl methyl sites for hydroxylation is 1. The average molecular weight is 471 g/mol. The number of ether oxygens (including phenoxy) is 1. The summed E-state index contributed by atoms with van der Waals surface area (Å²) in [5, 5.41) is 21.0. The summed E-state index contributed by atoms with van der Waals surface area (Å²) >= 11 is 0. The second kappa shape index (κ2) is 8.15. The largest absolute Gasteiger partial charge is 0.501 e. The molecule has 9 nitrogen and oxygen atoms in total. The van der Waals surface area contributed by atoms with Gasteiger partial charge in [0.2, 0.25) is 5.75 Å². The number of benzene rings is 2. The first-order valence-corrected chi connectivity index (χ1v) is 10.4. The van der Waals surface area contributed by atoms with Gasteiger partial charge < -0.3 is 14.4 Å². The van der Waals surface area contributed by atoms with Crippen molar-refractivity contribution in [3.8, 4) is 11.5 Å². The molecule has 13 heteroatoms. The Bertz CT molecular complexity index is 1350. The maximum Gasteiger partial charge on any atom is 0.501 e. The van der Waals surface area contributed by atoms with Gasteiger partial charge in [0.05, 0.1) is 28.0 Å². The zero-order valence-corrected chi connectivity index (χ0v) is 17.4. The lowest BCUT2D eigenvalue weighted by Gasteiger charge is -2.08. The zero-order valence-electron chi connectivity index (χ0n) is 16.6. The van der Waals surface area contributed by atoms with Crippen LogP contribution < -0.4 is 4.74 Å². The average Bonchev–Trinajstić information content (AvgIpc) is 3.08. The first-order valence-electron chi connectivity index (χ1n) is 8.95. The molecule has 0 radical (unpaired) electrons. The fraction of sp³-hybridized carbons (Fsp3) is 0.211. The Hall–Kier alpha value is -3.61. The van der Waals surface area contributed by atoms with E-state index in [-0.39, 0.29) is 17.1 Å². The Balaban J connectivity index is 2.09. The fourth-order valence-electron chi connectivity index (χ4n) is 3.06. The lowest BCUT2D eigenvalue weighted by molar-refractivity contribution is -0.386. The van der Waals surface area contributed by atoms with Crippen LogP contribution in [0.5, 0.6) is 11.5 Å². The summed E-state index contributed by atoms with van der Waals surface area (Å²) in [7, 11) is -4.30. The molecule has 0 bridgehead atoms. The van der Waals surface area contributed by atoms with Crippen LogP contribution in [0, 0.1) is 10.1 Å². The summed E-state index contributed by atoms with van der Waals surface area (Å²) in [6, 6.07) is 5.40. The number of nitro benzene ring substituents is 1. The Kier molecular flexibility index (Phi) is 5.87. The summed E-state index contributed by atoms with van der Waals surface area (Å²) in [6.45, 7) is 2.12. The van der Waals surface area contributed by atoms with E-state index < -0.39 is 36.6 Å². The number of nitrogens with zero attached hydrogens (tertiary/aromatic N) is 3. The number of aromatic nitrogens is 2. The van der Waals surface area contributed by atoms with E-state index in [9.17, 15) is 36.8 Å². The Morgan fingerprint density at radius 2 is 1.94 bits per heavy atom. The number of nitro groups is 1. The molecule has 0 aliphatic rings. The third-order valence-corrected chi connectivity index (χ3v) is 6.08. The van der Waals surface area contributed by atoms with E-state index in [0.29, 0.717) is 17.6 Å². The van der Waals surface area contributed by atoms with Crippen LogP contribution in [0.2, 0.25) is 0 Å². The summed E-state index contributed by atoms with van der Waals surface area (Å²) in [6.07, 6.45) is 2.90. The van der Waals surface area contributed by atoms with E-state index in [0.717, 1.165) is 18.2 Å². The van der Waals surface area contributed by atoms with Crippen molar-refractivity contribution < 1.29 is 36.4 Å². The molecule has 0 aliphatic carbocycles. The van der Waals surface area contributed by atoms with Crippen LogP contribution in [0.4, 0.5) is 18.9 Å². The van der Waals surface area contributed by atoms with Crippen LogP contribution >= 0.6 is 0 Å². The van der Waals surface area contributed by atoms with Gasteiger partial charge in [-0.1, -0.05) is 6.08 Å². The molecule has 0 atom stereocenters. The topological polar surface area (TPSA) is 125 Å². The molecule has 3 aromatic rings. The predicted octanol–water partition coefficient (Wildman–Crippen LogP) is 4.14. The van der Waals surface area contributed by atoms with Gasteiger partial charge in [-0.3, -0.25) is 10.1 Å². The van der Waals surface area contributed by atoms with E-state index in [1.807, 2.05) is 0 Å². The summed E-state index contributed by atoms with van der Waals surface area (Å²) in [5.74, 6) is -0.475. The van der Waals surface area contributed by atoms with E-state index in [4.69, 9.17) is 4.74 Å². The quantitative estimate of drug-likeness (QED) is 0.423. The number of rotatable bonds is 6.